The number of carbonyl (C=O) groups excluding carboxylic acids is 1. The van der Waals surface area contributed by atoms with Crippen molar-refractivity contribution >= 4 is 29.3 Å². The number of thiazole rings is 1. The van der Waals surface area contributed by atoms with Gasteiger partial charge in [0.25, 0.3) is 5.56 Å². The number of hydrogen-bond donors (Lipinski definition) is 0. The highest BCUT2D eigenvalue weighted by molar-refractivity contribution is 7.07. The molecule has 1 aromatic heterocycles. The zero-order chi connectivity index (χ0) is 24.4. The van der Waals surface area contributed by atoms with E-state index in [1.165, 1.54) is 18.3 Å². The molecule has 1 aliphatic rings. The summed E-state index contributed by atoms with van der Waals surface area (Å²) in [5, 5.41) is 0. The summed E-state index contributed by atoms with van der Waals surface area (Å²) in [4.78, 5) is 31.5. The Morgan fingerprint density at radius 1 is 1.09 bits per heavy atom. The fourth-order valence-corrected chi connectivity index (χ4v) is 5.27. The highest BCUT2D eigenvalue weighted by Crippen LogP contribution is 2.37. The van der Waals surface area contributed by atoms with Crippen molar-refractivity contribution < 1.29 is 14.3 Å². The number of ether oxygens (including phenoxy) is 2. The lowest BCUT2D eigenvalue weighted by molar-refractivity contribution is -0.114. The first-order valence-electron chi connectivity index (χ1n) is 10.8. The van der Waals surface area contributed by atoms with E-state index < -0.39 is 6.04 Å². The molecule has 6 nitrogen and oxygen atoms in total. The summed E-state index contributed by atoms with van der Waals surface area (Å²) in [7, 11) is 3.14. The van der Waals surface area contributed by atoms with Crippen LogP contribution in [0.15, 0.2) is 75.2 Å². The first kappa shape index (κ1) is 23.4. The summed E-state index contributed by atoms with van der Waals surface area (Å²) in [6.45, 7) is 5.26. The molecular formula is C27H26N2O4S. The fourth-order valence-electron chi connectivity index (χ4n) is 4.17. The van der Waals surface area contributed by atoms with Crippen LogP contribution in [0, 0.1) is 0 Å². The highest BCUT2D eigenvalue weighted by atomic mass is 32.1. The number of carbonyl (C=O) groups is 1. The second-order valence-electron chi connectivity index (χ2n) is 8.04. The minimum absolute atomic E-state index is 0.140. The lowest BCUT2D eigenvalue weighted by Gasteiger charge is -2.26. The summed E-state index contributed by atoms with van der Waals surface area (Å²) < 4.78 is 13.1. The number of methoxy groups -OCH3 is 2. The van der Waals surface area contributed by atoms with Gasteiger partial charge >= 0.3 is 0 Å². The predicted octanol–water partition coefficient (Wildman–Crippen LogP) is 3.90. The van der Waals surface area contributed by atoms with Gasteiger partial charge in [0.2, 0.25) is 0 Å². The number of allylic oxidation sites excluding steroid dienone is 3. The summed E-state index contributed by atoms with van der Waals surface area (Å²) in [6.07, 6.45) is 3.89. The van der Waals surface area contributed by atoms with E-state index in [0.717, 1.165) is 11.1 Å². The van der Waals surface area contributed by atoms with Crippen molar-refractivity contribution in [2.75, 3.05) is 14.2 Å². The molecule has 2 heterocycles. The van der Waals surface area contributed by atoms with E-state index in [1.54, 1.807) is 37.8 Å². The monoisotopic (exact) mass is 474 g/mol. The van der Waals surface area contributed by atoms with Crippen molar-refractivity contribution in [3.05, 3.63) is 96.2 Å². The quantitative estimate of drug-likeness (QED) is 0.543. The topological polar surface area (TPSA) is 69.9 Å². The van der Waals surface area contributed by atoms with E-state index in [4.69, 9.17) is 9.47 Å². The van der Waals surface area contributed by atoms with Crippen LogP contribution < -0.4 is 24.4 Å². The molecule has 1 atom stereocenters. The van der Waals surface area contributed by atoms with Crippen molar-refractivity contribution in [2.45, 2.75) is 26.8 Å². The van der Waals surface area contributed by atoms with Crippen LogP contribution >= 0.6 is 11.3 Å². The van der Waals surface area contributed by atoms with Gasteiger partial charge in [0.15, 0.2) is 10.6 Å². The van der Waals surface area contributed by atoms with Crippen LogP contribution in [0.1, 0.15) is 37.9 Å². The molecule has 0 aliphatic carbocycles. The summed E-state index contributed by atoms with van der Waals surface area (Å²) in [5.74, 6) is 1.02. The first-order chi connectivity index (χ1) is 16.3. The molecular weight excluding hydrogens is 448 g/mol. The third-order valence-corrected chi connectivity index (χ3v) is 6.67. The number of nitrogens with zero attached hydrogens (tertiary/aromatic N) is 2. The van der Waals surface area contributed by atoms with Gasteiger partial charge in [-0.1, -0.05) is 47.7 Å². The molecule has 0 bridgehead atoms. The summed E-state index contributed by atoms with van der Waals surface area (Å²) >= 11 is 1.31. The van der Waals surface area contributed by atoms with Crippen LogP contribution in [0.3, 0.4) is 0 Å². The predicted molar refractivity (Wildman–Crippen MR) is 135 cm³/mol. The van der Waals surface area contributed by atoms with Crippen LogP contribution in [0.5, 0.6) is 11.5 Å². The Labute approximate surface area is 201 Å². The molecule has 1 aliphatic heterocycles. The molecule has 4 rings (SSSR count). The molecule has 2 aromatic carbocycles. The molecule has 0 spiro atoms. The second-order valence-corrected chi connectivity index (χ2v) is 9.05. The van der Waals surface area contributed by atoms with Crippen molar-refractivity contribution in [1.29, 1.82) is 0 Å². The molecule has 0 N–H and O–H groups in total. The summed E-state index contributed by atoms with van der Waals surface area (Å²) in [6, 6.07) is 14.7. The zero-order valence-corrected chi connectivity index (χ0v) is 20.6. The third-order valence-electron chi connectivity index (χ3n) is 5.69. The van der Waals surface area contributed by atoms with Gasteiger partial charge in [-0.25, -0.2) is 4.99 Å². The molecule has 0 amide bonds. The van der Waals surface area contributed by atoms with E-state index in [0.29, 0.717) is 37.7 Å². The molecule has 0 fully saturated rings. The van der Waals surface area contributed by atoms with Crippen LogP contribution in [0.2, 0.25) is 0 Å². The van der Waals surface area contributed by atoms with Crippen LogP contribution in [0.4, 0.5) is 0 Å². The normalized spacial score (nSPS) is 16.2. The van der Waals surface area contributed by atoms with Crippen molar-refractivity contribution in [2.24, 2.45) is 4.99 Å². The van der Waals surface area contributed by atoms with Crippen molar-refractivity contribution in [3.8, 4) is 11.5 Å². The Balaban J connectivity index is 1.94. The lowest BCUT2D eigenvalue weighted by Crippen LogP contribution is -2.39. The van der Waals surface area contributed by atoms with Gasteiger partial charge < -0.3 is 9.47 Å². The van der Waals surface area contributed by atoms with Gasteiger partial charge in [0.05, 0.1) is 24.8 Å². The molecule has 0 saturated heterocycles. The molecule has 0 unspecified atom stereocenters. The lowest BCUT2D eigenvalue weighted by atomic mass is 9.92. The Bertz CT molecular complexity index is 1490. The maximum Gasteiger partial charge on any atom is 0.271 e. The average molecular weight is 475 g/mol. The Morgan fingerprint density at radius 3 is 2.47 bits per heavy atom. The minimum atomic E-state index is -0.643. The maximum atomic E-state index is 13.6. The van der Waals surface area contributed by atoms with Crippen LogP contribution in [-0.2, 0) is 4.79 Å². The van der Waals surface area contributed by atoms with Crippen LogP contribution in [-0.4, -0.2) is 24.6 Å². The largest absolute Gasteiger partial charge is 0.497 e. The standard InChI is InChI=1S/C27H26N2O4S/c1-16(13-19-9-7-6-8-10-19)14-23-26(31)29-25(21-12-11-20(32-4)15-22(21)33-5)24(18(3)30)17(2)28-27(29)34-23/h6-15,25H,1-5H3/b16-13+,23-14-/t25-/m1/s1. The first-order valence-corrected chi connectivity index (χ1v) is 11.6. The van der Waals surface area contributed by atoms with Gasteiger partial charge in [-0.2, -0.15) is 0 Å². The SMILES string of the molecule is COc1ccc([C@@H]2C(C(C)=O)=C(C)N=c3s/c(=C\C(C)=C\c4ccccc4)c(=O)n32)c(OC)c1. The Hall–Kier alpha value is -3.71. The second kappa shape index (κ2) is 9.65. The summed E-state index contributed by atoms with van der Waals surface area (Å²) in [5.41, 5.74) is 3.57. The maximum absolute atomic E-state index is 13.6. The molecule has 3 aromatic rings. The average Bonchev–Trinajstić information content (AvgIpc) is 3.12. The van der Waals surface area contributed by atoms with Gasteiger partial charge in [0.1, 0.15) is 11.5 Å². The molecule has 0 saturated carbocycles. The van der Waals surface area contributed by atoms with E-state index in [-0.39, 0.29) is 11.3 Å². The fraction of sp³-hybridized carbons (Fsp3) is 0.222. The molecule has 7 heteroatoms. The molecule has 34 heavy (non-hydrogen) atoms. The van der Waals surface area contributed by atoms with Crippen LogP contribution in [0.25, 0.3) is 12.2 Å². The number of Topliss-reactive ketones (excluding diaryl/α,β-unsaturated/α-hetero) is 1. The number of ketones is 1. The number of aromatic nitrogens is 1. The van der Waals surface area contributed by atoms with E-state index in [9.17, 15) is 9.59 Å². The Kier molecular flexibility index (Phi) is 6.65. The third kappa shape index (κ3) is 4.39. The van der Waals surface area contributed by atoms with Crippen molar-refractivity contribution in [3.63, 3.8) is 0 Å². The number of hydrogen-bond acceptors (Lipinski definition) is 6. The van der Waals surface area contributed by atoms with Gasteiger partial charge in [-0.05, 0) is 50.1 Å². The van der Waals surface area contributed by atoms with E-state index >= 15 is 0 Å². The van der Waals surface area contributed by atoms with Crippen molar-refractivity contribution in [1.82, 2.24) is 4.57 Å². The number of benzene rings is 2. The highest BCUT2D eigenvalue weighted by Gasteiger charge is 2.32. The van der Waals surface area contributed by atoms with E-state index in [2.05, 4.69) is 4.99 Å². The van der Waals surface area contributed by atoms with Gasteiger partial charge in [0, 0.05) is 22.9 Å². The molecule has 174 valence electrons. The van der Waals surface area contributed by atoms with Gasteiger partial charge in [-0.3, -0.25) is 14.2 Å². The minimum Gasteiger partial charge on any atom is -0.497 e. The smallest absolute Gasteiger partial charge is 0.271 e. The number of rotatable bonds is 6. The zero-order valence-electron chi connectivity index (χ0n) is 19.8. The number of fused-ring (bicyclic) bond motifs is 1. The van der Waals surface area contributed by atoms with Gasteiger partial charge in [-0.15, -0.1) is 0 Å². The van der Waals surface area contributed by atoms with E-state index in [1.807, 2.05) is 55.5 Å². The Morgan fingerprint density at radius 2 is 1.82 bits per heavy atom. The molecule has 0 radical (unpaired) electrons.